The Hall–Kier alpha value is -3.39. The van der Waals surface area contributed by atoms with Gasteiger partial charge in [0.15, 0.2) is 0 Å². The smallest absolute Gasteiger partial charge is 0.288 e. The summed E-state index contributed by atoms with van der Waals surface area (Å²) >= 11 is 0. The van der Waals surface area contributed by atoms with Crippen LogP contribution in [-0.2, 0) is 9.84 Å². The van der Waals surface area contributed by atoms with Crippen LogP contribution in [0.25, 0.3) is 10.9 Å². The van der Waals surface area contributed by atoms with Gasteiger partial charge in [-0.05, 0) is 24.6 Å². The molecule has 7 nitrogen and oxygen atoms in total. The fraction of sp³-hybridized carbons (Fsp3) is 0.100. The first-order valence-electron chi connectivity index (χ1n) is 8.65. The second-order valence-electron chi connectivity index (χ2n) is 6.45. The molecule has 3 N–H and O–H groups in total. The van der Waals surface area contributed by atoms with Crippen molar-refractivity contribution in [1.82, 2.24) is 14.8 Å². The highest BCUT2D eigenvalue weighted by Gasteiger charge is 2.31. The average Bonchev–Trinajstić information content (AvgIpc) is 3.02. The molecule has 2 aromatic carbocycles. The maximum atomic E-state index is 13.3. The molecule has 8 heteroatoms. The van der Waals surface area contributed by atoms with E-state index < -0.39 is 15.4 Å². The van der Waals surface area contributed by atoms with Gasteiger partial charge in [-0.2, -0.15) is 5.10 Å². The SMILES string of the molecule is CC(c1ccccc1)n1c(N)c(S(=O)(=O)c2ccccc2)c2cn[nH]c(=O)c21. The normalized spacial score (nSPS) is 12.9. The van der Waals surface area contributed by atoms with Gasteiger partial charge in [-0.3, -0.25) is 4.79 Å². The summed E-state index contributed by atoms with van der Waals surface area (Å²) in [4.78, 5) is 12.6. The van der Waals surface area contributed by atoms with Crippen molar-refractivity contribution in [3.05, 3.63) is 82.8 Å². The zero-order valence-electron chi connectivity index (χ0n) is 15.0. The molecule has 0 bridgehead atoms. The zero-order valence-corrected chi connectivity index (χ0v) is 15.8. The summed E-state index contributed by atoms with van der Waals surface area (Å²) in [7, 11) is -3.95. The molecule has 4 aromatic rings. The number of fused-ring (bicyclic) bond motifs is 1. The number of sulfone groups is 1. The first kappa shape index (κ1) is 18.0. The Morgan fingerprint density at radius 1 is 1.04 bits per heavy atom. The van der Waals surface area contributed by atoms with Crippen LogP contribution >= 0.6 is 0 Å². The molecule has 28 heavy (non-hydrogen) atoms. The number of nitrogen functional groups attached to an aromatic ring is 1. The van der Waals surface area contributed by atoms with Gasteiger partial charge in [0.25, 0.3) is 5.56 Å². The average molecular weight is 394 g/mol. The number of nitrogens with one attached hydrogen (secondary N) is 1. The molecule has 4 rings (SSSR count). The maximum absolute atomic E-state index is 13.3. The molecule has 0 fully saturated rings. The van der Waals surface area contributed by atoms with Crippen molar-refractivity contribution in [3.63, 3.8) is 0 Å². The second-order valence-corrected chi connectivity index (χ2v) is 8.34. The minimum Gasteiger partial charge on any atom is -0.384 e. The first-order valence-corrected chi connectivity index (χ1v) is 10.1. The number of H-pyrrole nitrogens is 1. The predicted molar refractivity (Wildman–Crippen MR) is 107 cm³/mol. The molecule has 1 unspecified atom stereocenters. The van der Waals surface area contributed by atoms with E-state index in [0.717, 1.165) is 5.56 Å². The van der Waals surface area contributed by atoms with E-state index in [1.807, 2.05) is 37.3 Å². The summed E-state index contributed by atoms with van der Waals surface area (Å²) in [6, 6.07) is 17.1. The van der Waals surface area contributed by atoms with E-state index in [2.05, 4.69) is 10.2 Å². The number of hydrogen-bond acceptors (Lipinski definition) is 5. The lowest BCUT2D eigenvalue weighted by atomic mass is 10.1. The predicted octanol–water partition coefficient (Wildman–Crippen LogP) is 2.75. The fourth-order valence-electron chi connectivity index (χ4n) is 3.45. The van der Waals surface area contributed by atoms with E-state index >= 15 is 0 Å². The van der Waals surface area contributed by atoms with Crippen LogP contribution in [0.15, 0.2) is 81.4 Å². The molecular formula is C20H18N4O3S. The van der Waals surface area contributed by atoms with Crippen molar-refractivity contribution < 1.29 is 8.42 Å². The summed E-state index contributed by atoms with van der Waals surface area (Å²) in [6.45, 7) is 1.86. The first-order chi connectivity index (χ1) is 13.4. The third-order valence-corrected chi connectivity index (χ3v) is 6.66. The number of anilines is 1. The lowest BCUT2D eigenvalue weighted by molar-refractivity contribution is 0.596. The molecule has 0 spiro atoms. The maximum Gasteiger partial charge on any atom is 0.288 e. The molecule has 2 aromatic heterocycles. The summed E-state index contributed by atoms with van der Waals surface area (Å²) in [5, 5.41) is 6.37. The highest BCUT2D eigenvalue weighted by atomic mass is 32.2. The van der Waals surface area contributed by atoms with Gasteiger partial charge in [-0.15, -0.1) is 0 Å². The molecule has 0 aliphatic carbocycles. The van der Waals surface area contributed by atoms with Crippen LogP contribution in [-0.4, -0.2) is 23.2 Å². The van der Waals surface area contributed by atoms with E-state index in [-0.39, 0.29) is 32.6 Å². The number of nitrogens with two attached hydrogens (primary N) is 1. The summed E-state index contributed by atoms with van der Waals surface area (Å²) < 4.78 is 28.2. The Morgan fingerprint density at radius 3 is 2.29 bits per heavy atom. The highest BCUT2D eigenvalue weighted by molar-refractivity contribution is 7.92. The van der Waals surface area contributed by atoms with Gasteiger partial charge in [-0.1, -0.05) is 48.5 Å². The van der Waals surface area contributed by atoms with Crippen LogP contribution in [0.3, 0.4) is 0 Å². The minimum absolute atomic E-state index is 0.00806. The molecule has 0 aliphatic heterocycles. The lowest BCUT2D eigenvalue weighted by Gasteiger charge is -2.17. The lowest BCUT2D eigenvalue weighted by Crippen LogP contribution is -2.17. The summed E-state index contributed by atoms with van der Waals surface area (Å²) in [5.74, 6) is 0.00806. The summed E-state index contributed by atoms with van der Waals surface area (Å²) in [6.07, 6.45) is 1.33. The van der Waals surface area contributed by atoms with Gasteiger partial charge in [0.05, 0.1) is 17.1 Å². The number of aromatic amines is 1. The quantitative estimate of drug-likeness (QED) is 0.553. The van der Waals surface area contributed by atoms with E-state index in [1.54, 1.807) is 22.8 Å². The van der Waals surface area contributed by atoms with E-state index in [1.165, 1.54) is 18.3 Å². The molecule has 142 valence electrons. The molecule has 0 radical (unpaired) electrons. The Labute approximate surface area is 161 Å². The summed E-state index contributed by atoms with van der Waals surface area (Å²) in [5.41, 5.74) is 6.92. The van der Waals surface area contributed by atoms with Crippen LogP contribution in [0.5, 0.6) is 0 Å². The van der Waals surface area contributed by atoms with Gasteiger partial charge >= 0.3 is 0 Å². The van der Waals surface area contributed by atoms with Crippen molar-refractivity contribution in [3.8, 4) is 0 Å². The van der Waals surface area contributed by atoms with Crippen molar-refractivity contribution in [1.29, 1.82) is 0 Å². The Kier molecular flexibility index (Phi) is 4.27. The molecular weight excluding hydrogens is 376 g/mol. The molecule has 0 amide bonds. The van der Waals surface area contributed by atoms with E-state index in [0.29, 0.717) is 0 Å². The molecule has 1 atom stereocenters. The van der Waals surface area contributed by atoms with E-state index in [4.69, 9.17) is 5.73 Å². The third-order valence-electron chi connectivity index (χ3n) is 4.80. The van der Waals surface area contributed by atoms with Crippen molar-refractivity contribution in [2.45, 2.75) is 22.8 Å². The van der Waals surface area contributed by atoms with Gasteiger partial charge in [0.1, 0.15) is 16.2 Å². The Balaban J connectivity index is 2.07. The van der Waals surface area contributed by atoms with Crippen LogP contribution < -0.4 is 11.3 Å². The zero-order chi connectivity index (χ0) is 19.9. The highest BCUT2D eigenvalue weighted by Crippen LogP contribution is 2.37. The Bertz CT molecular complexity index is 1310. The molecule has 0 saturated heterocycles. The Morgan fingerprint density at radius 2 is 1.64 bits per heavy atom. The number of rotatable bonds is 4. The minimum atomic E-state index is -3.95. The van der Waals surface area contributed by atoms with Crippen molar-refractivity contribution in [2.24, 2.45) is 0 Å². The van der Waals surface area contributed by atoms with Crippen molar-refractivity contribution >= 4 is 26.6 Å². The van der Waals surface area contributed by atoms with Gasteiger partial charge in [0, 0.05) is 5.39 Å². The van der Waals surface area contributed by atoms with Gasteiger partial charge in [0.2, 0.25) is 9.84 Å². The van der Waals surface area contributed by atoms with Crippen molar-refractivity contribution in [2.75, 3.05) is 5.73 Å². The topological polar surface area (TPSA) is 111 Å². The van der Waals surface area contributed by atoms with Crippen LogP contribution in [0.2, 0.25) is 0 Å². The molecule has 0 saturated carbocycles. The van der Waals surface area contributed by atoms with Crippen LogP contribution in [0, 0.1) is 0 Å². The number of benzene rings is 2. The van der Waals surface area contributed by atoms with Gasteiger partial charge < -0.3 is 10.3 Å². The number of nitrogens with zero attached hydrogens (tertiary/aromatic N) is 2. The monoisotopic (exact) mass is 394 g/mol. The number of aromatic nitrogens is 3. The second kappa shape index (κ2) is 6.65. The van der Waals surface area contributed by atoms with E-state index in [9.17, 15) is 13.2 Å². The third kappa shape index (κ3) is 2.69. The standard InChI is InChI=1S/C20H18N4O3S/c1-13(14-8-4-2-5-9-14)24-17-16(12-22-23-20(17)25)18(19(24)21)28(26,27)15-10-6-3-7-11-15/h2-13H,21H2,1H3,(H,23,25). The molecule has 2 heterocycles. The van der Waals surface area contributed by atoms with Crippen LogP contribution in [0.4, 0.5) is 5.82 Å². The van der Waals surface area contributed by atoms with Crippen LogP contribution in [0.1, 0.15) is 18.5 Å². The number of hydrogen-bond donors (Lipinski definition) is 2. The fourth-order valence-corrected chi connectivity index (χ4v) is 5.01. The largest absolute Gasteiger partial charge is 0.384 e. The van der Waals surface area contributed by atoms with Gasteiger partial charge in [-0.25, -0.2) is 13.5 Å². The molecule has 0 aliphatic rings.